The molecule has 0 aliphatic carbocycles. The molecule has 0 aromatic heterocycles. The van der Waals surface area contributed by atoms with Crippen molar-refractivity contribution in [2.45, 2.75) is 194 Å². The predicted molar refractivity (Wildman–Crippen MR) is 198 cm³/mol. The summed E-state index contributed by atoms with van der Waals surface area (Å²) in [5.41, 5.74) is 2.43. The van der Waals surface area contributed by atoms with Crippen molar-refractivity contribution in [2.24, 2.45) is 0 Å². The van der Waals surface area contributed by atoms with Gasteiger partial charge in [0, 0.05) is 0 Å². The number of hydrogen-bond donors (Lipinski definition) is 0. The lowest BCUT2D eigenvalue weighted by Crippen LogP contribution is -2.14. The predicted octanol–water partition coefficient (Wildman–Crippen LogP) is 14.5. The summed E-state index contributed by atoms with van der Waals surface area (Å²) in [6, 6.07) is 15.8. The van der Waals surface area contributed by atoms with Gasteiger partial charge in [-0.2, -0.15) is 0 Å². The summed E-state index contributed by atoms with van der Waals surface area (Å²) < 4.78 is 11.1. The molecule has 0 atom stereocenters. The second-order valence-corrected chi connectivity index (χ2v) is 13.7. The molecular weight excluding hydrogens is 564 g/mol. The van der Waals surface area contributed by atoms with Gasteiger partial charge in [-0.1, -0.05) is 192 Å². The third-order valence-electron chi connectivity index (χ3n) is 9.34. The molecule has 0 unspecified atom stereocenters. The van der Waals surface area contributed by atoms with Gasteiger partial charge in [0.25, 0.3) is 0 Å². The zero-order valence-electron chi connectivity index (χ0n) is 30.1. The van der Waals surface area contributed by atoms with Gasteiger partial charge < -0.3 is 9.47 Å². The van der Waals surface area contributed by atoms with Crippen molar-refractivity contribution in [2.75, 3.05) is 0 Å². The standard InChI is InChI=1S/C43H70O3/c1-3-5-7-9-11-13-15-17-19-21-23-25-27-31-39-33-29-35-41(37-39)45-43(44)46-42-36-30-34-40(38-42)32-28-26-24-22-20-18-16-14-12-10-8-6-4-2/h29-30,33-38H,3-28,31-32H2,1-2H3. The molecule has 0 fully saturated rings. The first-order chi connectivity index (χ1) is 22.7. The average molecular weight is 635 g/mol. The summed E-state index contributed by atoms with van der Waals surface area (Å²) in [4.78, 5) is 12.5. The molecular formula is C43H70O3. The number of carbonyl (C=O) groups is 1. The Morgan fingerprint density at radius 3 is 1.00 bits per heavy atom. The maximum Gasteiger partial charge on any atom is 0.519 e. The van der Waals surface area contributed by atoms with E-state index in [0.717, 1.165) is 12.8 Å². The lowest BCUT2D eigenvalue weighted by molar-refractivity contribution is 0.152. The molecule has 2 rings (SSSR count). The van der Waals surface area contributed by atoms with Crippen molar-refractivity contribution in [3.05, 3.63) is 59.7 Å². The molecule has 0 spiro atoms. The van der Waals surface area contributed by atoms with Crippen LogP contribution >= 0.6 is 0 Å². The van der Waals surface area contributed by atoms with Crippen LogP contribution < -0.4 is 9.47 Å². The third kappa shape index (κ3) is 22.3. The molecule has 0 saturated heterocycles. The quantitative estimate of drug-likeness (QED) is 0.0487. The van der Waals surface area contributed by atoms with Crippen molar-refractivity contribution in [3.8, 4) is 11.5 Å². The molecule has 0 amide bonds. The highest BCUT2D eigenvalue weighted by Crippen LogP contribution is 2.21. The van der Waals surface area contributed by atoms with Crippen LogP contribution in [-0.4, -0.2) is 6.16 Å². The Morgan fingerprint density at radius 2 is 0.696 bits per heavy atom. The summed E-state index contributed by atoms with van der Waals surface area (Å²) in [5.74, 6) is 1.11. The normalized spacial score (nSPS) is 11.2. The summed E-state index contributed by atoms with van der Waals surface area (Å²) in [7, 11) is 0. The van der Waals surface area contributed by atoms with Crippen LogP contribution in [0.25, 0.3) is 0 Å². The van der Waals surface area contributed by atoms with Crippen LogP contribution in [0.15, 0.2) is 48.5 Å². The fourth-order valence-corrected chi connectivity index (χ4v) is 6.44. The first-order valence-corrected chi connectivity index (χ1v) is 19.8. The highest BCUT2D eigenvalue weighted by Gasteiger charge is 2.09. The number of unbranched alkanes of at least 4 members (excludes halogenated alkanes) is 24. The number of aryl methyl sites for hydroxylation is 2. The maximum atomic E-state index is 12.5. The molecule has 0 aliphatic heterocycles. The van der Waals surface area contributed by atoms with Gasteiger partial charge in [-0.15, -0.1) is 0 Å². The smallest absolute Gasteiger partial charge is 0.395 e. The molecule has 0 bridgehead atoms. The summed E-state index contributed by atoms with van der Waals surface area (Å²) in [6.07, 6.45) is 36.8. The number of rotatable bonds is 30. The van der Waals surface area contributed by atoms with Gasteiger partial charge in [0.2, 0.25) is 0 Å². The van der Waals surface area contributed by atoms with E-state index in [9.17, 15) is 4.79 Å². The van der Waals surface area contributed by atoms with E-state index in [1.807, 2.05) is 36.4 Å². The fraction of sp³-hybridized carbons (Fsp3) is 0.698. The van der Waals surface area contributed by atoms with E-state index in [4.69, 9.17) is 9.47 Å². The fourth-order valence-electron chi connectivity index (χ4n) is 6.44. The SMILES string of the molecule is CCCCCCCCCCCCCCCc1cccc(OC(=O)Oc2cccc(CCCCCCCCCCCCCCC)c2)c1. The van der Waals surface area contributed by atoms with Gasteiger partial charge in [0.1, 0.15) is 11.5 Å². The molecule has 260 valence electrons. The molecule has 0 heterocycles. The minimum absolute atomic E-state index is 0.556. The Morgan fingerprint density at radius 1 is 0.413 bits per heavy atom. The molecule has 46 heavy (non-hydrogen) atoms. The second-order valence-electron chi connectivity index (χ2n) is 13.7. The number of carbonyl (C=O) groups excluding carboxylic acids is 1. The van der Waals surface area contributed by atoms with Crippen LogP contribution in [0.4, 0.5) is 4.79 Å². The van der Waals surface area contributed by atoms with Gasteiger partial charge in [-0.05, 0) is 61.1 Å². The first kappa shape index (κ1) is 39.9. The van der Waals surface area contributed by atoms with Gasteiger partial charge in [0.05, 0.1) is 0 Å². The van der Waals surface area contributed by atoms with Gasteiger partial charge in [-0.25, -0.2) is 4.79 Å². The Bertz CT molecular complexity index is 906. The minimum atomic E-state index is -0.670. The summed E-state index contributed by atoms with van der Waals surface area (Å²) in [5, 5.41) is 0. The van der Waals surface area contributed by atoms with Crippen molar-refractivity contribution in [3.63, 3.8) is 0 Å². The molecule has 2 aromatic rings. The number of hydrogen-bond acceptors (Lipinski definition) is 3. The second kappa shape index (κ2) is 28.9. The Labute approximate surface area is 284 Å². The number of ether oxygens (including phenoxy) is 2. The molecule has 3 heteroatoms. The van der Waals surface area contributed by atoms with E-state index in [0.29, 0.717) is 11.5 Å². The Kier molecular flexibility index (Phi) is 25.1. The van der Waals surface area contributed by atoms with Gasteiger partial charge in [0.15, 0.2) is 0 Å². The average Bonchev–Trinajstić information content (AvgIpc) is 3.05. The van der Waals surface area contributed by atoms with E-state index in [1.165, 1.54) is 178 Å². The van der Waals surface area contributed by atoms with E-state index >= 15 is 0 Å². The highest BCUT2D eigenvalue weighted by atomic mass is 16.7. The lowest BCUT2D eigenvalue weighted by atomic mass is 10.0. The van der Waals surface area contributed by atoms with Crippen LogP contribution in [-0.2, 0) is 12.8 Å². The molecule has 0 saturated carbocycles. The van der Waals surface area contributed by atoms with Crippen LogP contribution in [0.5, 0.6) is 11.5 Å². The number of benzene rings is 2. The largest absolute Gasteiger partial charge is 0.519 e. The van der Waals surface area contributed by atoms with Gasteiger partial charge in [-0.3, -0.25) is 0 Å². The highest BCUT2D eigenvalue weighted by molar-refractivity contribution is 5.67. The molecule has 0 radical (unpaired) electrons. The topological polar surface area (TPSA) is 35.5 Å². The zero-order chi connectivity index (χ0) is 32.8. The van der Waals surface area contributed by atoms with E-state index < -0.39 is 6.16 Å². The summed E-state index contributed by atoms with van der Waals surface area (Å²) in [6.45, 7) is 4.57. The van der Waals surface area contributed by atoms with Crippen LogP contribution in [0.3, 0.4) is 0 Å². The van der Waals surface area contributed by atoms with E-state index in [1.54, 1.807) is 0 Å². The van der Waals surface area contributed by atoms with Crippen molar-refractivity contribution >= 4 is 6.16 Å². The zero-order valence-corrected chi connectivity index (χ0v) is 30.1. The first-order valence-electron chi connectivity index (χ1n) is 19.8. The van der Waals surface area contributed by atoms with E-state index in [2.05, 4.69) is 26.0 Å². The maximum absolute atomic E-state index is 12.5. The molecule has 3 nitrogen and oxygen atoms in total. The lowest BCUT2D eigenvalue weighted by Gasteiger charge is -2.09. The van der Waals surface area contributed by atoms with Crippen LogP contribution in [0.2, 0.25) is 0 Å². The van der Waals surface area contributed by atoms with Crippen LogP contribution in [0, 0.1) is 0 Å². The monoisotopic (exact) mass is 635 g/mol. The molecule has 0 aliphatic rings. The van der Waals surface area contributed by atoms with E-state index in [-0.39, 0.29) is 0 Å². The molecule has 0 N–H and O–H groups in total. The van der Waals surface area contributed by atoms with Gasteiger partial charge >= 0.3 is 6.16 Å². The van der Waals surface area contributed by atoms with Crippen molar-refractivity contribution in [1.82, 2.24) is 0 Å². The minimum Gasteiger partial charge on any atom is -0.395 e. The van der Waals surface area contributed by atoms with Crippen molar-refractivity contribution < 1.29 is 14.3 Å². The molecule has 2 aromatic carbocycles. The van der Waals surface area contributed by atoms with Crippen LogP contribution in [0.1, 0.15) is 192 Å². The Hall–Kier alpha value is -2.29. The Balaban J connectivity index is 1.51. The summed E-state index contributed by atoms with van der Waals surface area (Å²) >= 11 is 0. The third-order valence-corrected chi connectivity index (χ3v) is 9.34. The van der Waals surface area contributed by atoms with Crippen molar-refractivity contribution in [1.29, 1.82) is 0 Å².